The van der Waals surface area contributed by atoms with Gasteiger partial charge in [-0.25, -0.2) is 0 Å². The lowest BCUT2D eigenvalue weighted by Crippen LogP contribution is -2.39. The summed E-state index contributed by atoms with van der Waals surface area (Å²) in [6.45, 7) is 1.76. The van der Waals surface area contributed by atoms with Gasteiger partial charge in [-0.05, 0) is 61.6 Å². The molecule has 2 aromatic carbocycles. The average Bonchev–Trinajstić information content (AvgIpc) is 3.23. The van der Waals surface area contributed by atoms with Crippen LogP contribution in [0.1, 0.15) is 36.9 Å². The number of fused-ring (bicyclic) bond motifs is 1. The van der Waals surface area contributed by atoms with Crippen molar-refractivity contribution < 1.29 is 13.9 Å². The molecule has 0 saturated heterocycles. The summed E-state index contributed by atoms with van der Waals surface area (Å²) in [6, 6.07) is 15.6. The van der Waals surface area contributed by atoms with E-state index >= 15 is 0 Å². The zero-order valence-electron chi connectivity index (χ0n) is 15.1. The second kappa shape index (κ2) is 7.61. The summed E-state index contributed by atoms with van der Waals surface area (Å²) in [4.78, 5) is 12.6. The minimum atomic E-state index is -0.589. The molecule has 0 saturated carbocycles. The van der Waals surface area contributed by atoms with E-state index in [9.17, 15) is 4.79 Å². The molecule has 0 fully saturated rings. The zero-order chi connectivity index (χ0) is 18.6. The highest BCUT2D eigenvalue weighted by molar-refractivity contribution is 5.81. The third kappa shape index (κ3) is 3.84. The van der Waals surface area contributed by atoms with Crippen LogP contribution in [0.5, 0.6) is 5.75 Å². The molecule has 27 heavy (non-hydrogen) atoms. The minimum absolute atomic E-state index is 0.0494. The largest absolute Gasteiger partial charge is 0.481 e. The quantitative estimate of drug-likeness (QED) is 0.748. The van der Waals surface area contributed by atoms with E-state index in [-0.39, 0.29) is 11.9 Å². The van der Waals surface area contributed by atoms with Crippen molar-refractivity contribution in [2.24, 2.45) is 0 Å². The molecular formula is C21H21N3O3. The molecule has 0 bridgehead atoms. The Hall–Kier alpha value is -3.15. The summed E-state index contributed by atoms with van der Waals surface area (Å²) in [5, 5.41) is 10.7. The monoisotopic (exact) mass is 363 g/mol. The van der Waals surface area contributed by atoms with Crippen molar-refractivity contribution >= 4 is 5.91 Å². The molecule has 6 nitrogen and oxygen atoms in total. The summed E-state index contributed by atoms with van der Waals surface area (Å²) >= 11 is 0. The lowest BCUT2D eigenvalue weighted by molar-refractivity contribution is -0.128. The number of ether oxygens (including phenoxy) is 1. The second-order valence-corrected chi connectivity index (χ2v) is 6.68. The van der Waals surface area contributed by atoms with E-state index in [4.69, 9.17) is 9.15 Å². The first kappa shape index (κ1) is 17.3. The Morgan fingerprint density at radius 3 is 2.81 bits per heavy atom. The summed E-state index contributed by atoms with van der Waals surface area (Å²) in [5.74, 6) is 0.950. The molecule has 3 aromatic rings. The van der Waals surface area contributed by atoms with Crippen LogP contribution in [-0.4, -0.2) is 22.2 Å². The molecule has 1 amide bonds. The maximum absolute atomic E-state index is 12.6. The van der Waals surface area contributed by atoms with E-state index in [0.717, 1.165) is 24.8 Å². The number of nitrogens with one attached hydrogen (secondary N) is 1. The Morgan fingerprint density at radius 2 is 2.04 bits per heavy atom. The Labute approximate surface area is 157 Å². The molecule has 0 unspecified atom stereocenters. The van der Waals surface area contributed by atoms with Crippen molar-refractivity contribution in [2.45, 2.75) is 38.3 Å². The topological polar surface area (TPSA) is 77.2 Å². The van der Waals surface area contributed by atoms with Gasteiger partial charge in [-0.15, -0.1) is 10.2 Å². The van der Waals surface area contributed by atoms with E-state index in [1.165, 1.54) is 17.5 Å². The number of amides is 1. The number of carbonyl (C=O) groups excluding carboxylic acids is 1. The first-order valence-electron chi connectivity index (χ1n) is 9.12. The van der Waals surface area contributed by atoms with Gasteiger partial charge in [-0.3, -0.25) is 4.79 Å². The highest BCUT2D eigenvalue weighted by Gasteiger charge is 2.24. The molecule has 0 radical (unpaired) electrons. The molecular weight excluding hydrogens is 342 g/mol. The van der Waals surface area contributed by atoms with Crippen molar-refractivity contribution in [1.29, 1.82) is 0 Å². The van der Waals surface area contributed by atoms with Crippen LogP contribution in [0.4, 0.5) is 0 Å². The van der Waals surface area contributed by atoms with E-state index in [1.54, 1.807) is 19.1 Å². The number of aryl methyl sites for hydroxylation is 1. The Balaban J connectivity index is 1.39. The lowest BCUT2D eigenvalue weighted by Gasteiger charge is -2.27. The van der Waals surface area contributed by atoms with Crippen molar-refractivity contribution in [3.8, 4) is 17.2 Å². The normalized spacial score (nSPS) is 17.0. The van der Waals surface area contributed by atoms with Crippen LogP contribution in [0, 0.1) is 0 Å². The van der Waals surface area contributed by atoms with Gasteiger partial charge < -0.3 is 14.5 Å². The first-order valence-corrected chi connectivity index (χ1v) is 9.12. The third-order valence-electron chi connectivity index (χ3n) is 4.83. The van der Waals surface area contributed by atoms with Gasteiger partial charge >= 0.3 is 0 Å². The number of hydrogen-bond donors (Lipinski definition) is 1. The van der Waals surface area contributed by atoms with Crippen LogP contribution in [0.3, 0.4) is 0 Å². The van der Waals surface area contributed by atoms with Crippen LogP contribution >= 0.6 is 0 Å². The highest BCUT2D eigenvalue weighted by Crippen LogP contribution is 2.29. The molecule has 0 spiro atoms. The summed E-state index contributed by atoms with van der Waals surface area (Å²) < 4.78 is 11.0. The fourth-order valence-corrected chi connectivity index (χ4v) is 3.43. The number of aromatic nitrogens is 2. The van der Waals surface area contributed by atoms with Crippen LogP contribution in [-0.2, 0) is 11.2 Å². The van der Waals surface area contributed by atoms with Crippen molar-refractivity contribution in [3.05, 3.63) is 66.1 Å². The number of hydrogen-bond acceptors (Lipinski definition) is 5. The SMILES string of the molecule is C[C@H](Oc1ccc(-c2nnco2)cc1)C(=O)N[C@@H]1CCCc2ccccc21. The molecule has 1 aliphatic rings. The van der Waals surface area contributed by atoms with Crippen LogP contribution < -0.4 is 10.1 Å². The maximum atomic E-state index is 12.6. The van der Waals surface area contributed by atoms with Gasteiger partial charge in [-0.2, -0.15) is 0 Å². The van der Waals surface area contributed by atoms with Crippen molar-refractivity contribution in [2.75, 3.05) is 0 Å². The van der Waals surface area contributed by atoms with E-state index < -0.39 is 6.10 Å². The summed E-state index contributed by atoms with van der Waals surface area (Å²) in [6.07, 6.45) is 3.80. The van der Waals surface area contributed by atoms with E-state index in [1.807, 2.05) is 24.3 Å². The smallest absolute Gasteiger partial charge is 0.261 e. The lowest BCUT2D eigenvalue weighted by atomic mass is 9.87. The Kier molecular flexibility index (Phi) is 4.87. The molecule has 1 N–H and O–H groups in total. The zero-order valence-corrected chi connectivity index (χ0v) is 15.1. The minimum Gasteiger partial charge on any atom is -0.481 e. The number of nitrogens with zero attached hydrogens (tertiary/aromatic N) is 2. The molecule has 1 aliphatic carbocycles. The van der Waals surface area contributed by atoms with E-state index in [2.05, 4.69) is 27.6 Å². The van der Waals surface area contributed by atoms with E-state index in [0.29, 0.717) is 11.6 Å². The third-order valence-corrected chi connectivity index (χ3v) is 4.83. The van der Waals surface area contributed by atoms with Gasteiger partial charge in [0.05, 0.1) is 6.04 Å². The first-order chi connectivity index (χ1) is 13.2. The number of rotatable bonds is 5. The summed E-state index contributed by atoms with van der Waals surface area (Å²) in [7, 11) is 0. The maximum Gasteiger partial charge on any atom is 0.261 e. The Bertz CT molecular complexity index is 907. The van der Waals surface area contributed by atoms with Gasteiger partial charge in [0.15, 0.2) is 6.10 Å². The van der Waals surface area contributed by atoms with Crippen LogP contribution in [0.15, 0.2) is 59.3 Å². The molecule has 1 heterocycles. The molecule has 4 rings (SSSR count). The molecule has 0 aliphatic heterocycles. The predicted molar refractivity (Wildman–Crippen MR) is 100 cm³/mol. The number of carbonyl (C=O) groups is 1. The Morgan fingerprint density at radius 1 is 1.22 bits per heavy atom. The second-order valence-electron chi connectivity index (χ2n) is 6.68. The molecule has 138 valence electrons. The van der Waals surface area contributed by atoms with Gasteiger partial charge in [0.1, 0.15) is 5.75 Å². The molecule has 1 aromatic heterocycles. The summed E-state index contributed by atoms with van der Waals surface area (Å²) in [5.41, 5.74) is 3.34. The standard InChI is InChI=1S/C21H21N3O3/c1-14(27-17-11-9-16(10-12-17)21-24-22-13-26-21)20(25)23-19-8-4-6-15-5-2-3-7-18(15)19/h2-3,5,7,9-14,19H,4,6,8H2,1H3,(H,23,25)/t14-,19+/m0/s1. The van der Waals surface area contributed by atoms with Crippen molar-refractivity contribution in [1.82, 2.24) is 15.5 Å². The molecule has 2 atom stereocenters. The molecule has 6 heteroatoms. The number of benzene rings is 2. The van der Waals surface area contributed by atoms with Crippen LogP contribution in [0.2, 0.25) is 0 Å². The van der Waals surface area contributed by atoms with Gasteiger partial charge in [0.2, 0.25) is 12.3 Å². The predicted octanol–water partition coefficient (Wildman–Crippen LogP) is 3.70. The van der Waals surface area contributed by atoms with Crippen LogP contribution in [0.25, 0.3) is 11.5 Å². The van der Waals surface area contributed by atoms with Gasteiger partial charge in [-0.1, -0.05) is 24.3 Å². The fourth-order valence-electron chi connectivity index (χ4n) is 3.43. The van der Waals surface area contributed by atoms with Gasteiger partial charge in [0.25, 0.3) is 5.91 Å². The highest BCUT2D eigenvalue weighted by atomic mass is 16.5. The average molecular weight is 363 g/mol. The van der Waals surface area contributed by atoms with Gasteiger partial charge in [0, 0.05) is 5.56 Å². The fraction of sp³-hybridized carbons (Fsp3) is 0.286. The van der Waals surface area contributed by atoms with Crippen molar-refractivity contribution in [3.63, 3.8) is 0 Å².